The van der Waals surface area contributed by atoms with Crippen molar-refractivity contribution < 1.29 is 242 Å². The monoisotopic (exact) mass is 1770 g/mol. The number of rotatable bonds is 33. The maximum atomic E-state index is 13.2. The molecule has 9 aliphatic rings. The molecular weight excluding hydrogens is 1660 g/mol. The van der Waals surface area contributed by atoms with Gasteiger partial charge in [-0.1, -0.05) is 0 Å². The van der Waals surface area contributed by atoms with E-state index in [1.165, 1.54) is 0 Å². The summed E-state index contributed by atoms with van der Waals surface area (Å²) < 4.78 is 99.1. The van der Waals surface area contributed by atoms with Crippen LogP contribution in [0.3, 0.4) is 0 Å². The molecule has 0 radical (unpaired) electrons. The van der Waals surface area contributed by atoms with Crippen molar-refractivity contribution in [3.63, 3.8) is 0 Å². The molecule has 31 N–H and O–H groups in total. The highest BCUT2D eigenvalue weighted by molar-refractivity contribution is 5.77. The van der Waals surface area contributed by atoms with E-state index in [4.69, 9.17) is 80.5 Å². The first kappa shape index (κ1) is 99.9. The first-order valence-electron chi connectivity index (χ1n) is 38.3. The van der Waals surface area contributed by atoms with Crippen molar-refractivity contribution >= 4 is 35.5 Å². The van der Waals surface area contributed by atoms with Crippen LogP contribution >= 0.6 is 0 Å². The number of hydrogen-bond acceptors (Lipinski definition) is 48. The predicted octanol–water partition coefficient (Wildman–Crippen LogP) is -20.7. The second-order valence-electron chi connectivity index (χ2n) is 30.3. The summed E-state index contributed by atoms with van der Waals surface area (Å²) in [7, 11) is 0. The van der Waals surface area contributed by atoms with Gasteiger partial charge in [-0.3, -0.25) is 24.0 Å². The van der Waals surface area contributed by atoms with Crippen molar-refractivity contribution in [1.29, 1.82) is 0 Å². The molecule has 9 saturated heterocycles. The highest BCUT2D eigenvalue weighted by atomic mass is 16.8. The first-order chi connectivity index (χ1) is 57.1. The van der Waals surface area contributed by atoms with Crippen molar-refractivity contribution in [2.75, 3.05) is 59.5 Å². The smallest absolute Gasteiger partial charge is 0.364 e. The van der Waals surface area contributed by atoms with E-state index in [-0.39, 0.29) is 0 Å². The number of carbonyl (C=O) groups excluding carboxylic acids is 5. The van der Waals surface area contributed by atoms with E-state index in [9.17, 15) is 162 Å². The van der Waals surface area contributed by atoms with Gasteiger partial charge in [0.25, 0.3) is 5.79 Å². The minimum Gasteiger partial charge on any atom is -0.477 e. The van der Waals surface area contributed by atoms with Gasteiger partial charge in [0.15, 0.2) is 50.3 Å². The van der Waals surface area contributed by atoms with Crippen molar-refractivity contribution in [2.45, 2.75) is 323 Å². The fraction of sp³-hybridized carbons (Fsp3) is 0.910. The lowest BCUT2D eigenvalue weighted by molar-refractivity contribution is -0.389. The van der Waals surface area contributed by atoms with E-state index < -0.39 is 383 Å². The van der Waals surface area contributed by atoms with Gasteiger partial charge in [0.2, 0.25) is 29.5 Å². The highest BCUT2D eigenvalue weighted by Gasteiger charge is 2.63. The molecule has 9 fully saturated rings. The molecule has 0 aromatic rings. The lowest BCUT2D eigenvalue weighted by atomic mass is 9.88. The number of amides is 5. The Balaban J connectivity index is 0.892. The fourth-order valence-corrected chi connectivity index (χ4v) is 15.6. The Bertz CT molecular complexity index is 3340. The molecular formula is C67H111N5O49. The van der Waals surface area contributed by atoms with Gasteiger partial charge in [-0.15, -0.1) is 0 Å². The molecule has 54 nitrogen and oxygen atoms in total. The largest absolute Gasteiger partial charge is 0.477 e. The summed E-state index contributed by atoms with van der Waals surface area (Å²) in [5.41, 5.74) is 0. The van der Waals surface area contributed by atoms with Crippen molar-refractivity contribution in [3.05, 3.63) is 0 Å². The normalized spacial score (nSPS) is 46.6. The van der Waals surface area contributed by atoms with E-state index in [1.54, 1.807) is 0 Å². The van der Waals surface area contributed by atoms with Crippen LogP contribution in [-0.4, -0.2) is 509 Å². The maximum absolute atomic E-state index is 13.2. The van der Waals surface area contributed by atoms with E-state index in [2.05, 4.69) is 26.6 Å². The number of ether oxygens (including phenoxy) is 17. The average molecular weight is 1770 g/mol. The zero-order valence-corrected chi connectivity index (χ0v) is 65.1. The standard InChI is InChI=1S/C67H111N5O49/c1-16(81)68-31-21(86)6-67(66(103)104,120-54(31)36(88)22(87)7-73)121-57-40(92)26(11-77)110-65(49(57)101)116-52-29(14-80)113-61(34(44(52)96)71-19(4)84)118-55-38(90)24(9-75)108-63(47(55)99)115-50-27(12-78)111-59(32(42(50)94)69-17(2)82)105-15-30-41(93)53(35(58(102)106-30)72-20(5)85)117-64-48(100)56(39(91)25(10-76)109-64)119-60-33(70-18(3)83)43(95)51(28(13-79)112-60)114-62-46(98)45(97)37(89)23(8-74)107-62/h21-65,73-80,86-102H,6-15H2,1-5H3,(H,68,81)(H,69,82)(H,70,83)(H,71,84)(H,72,85)(H,103,104)/t21-,22+,23+,24+,25+,26+,27+,28+,29+,30+,31+,32+,33+,34+,35+,36+,37-,38-,39-,40-,41-,42+,43+,44+,45-,46+,47+,48+,49+,50+,51+,52+,53+,54+,55-,56-,57-,58-,59+,60-,61-,62-,63-,64-,65-,67-/m0/s1. The Labute approximate surface area is 684 Å². The van der Waals surface area contributed by atoms with Crippen LogP contribution in [0, 0.1) is 0 Å². The maximum Gasteiger partial charge on any atom is 0.364 e. The molecule has 9 heterocycles. The number of hydrogen-bond donors (Lipinski definition) is 31. The zero-order chi connectivity index (χ0) is 89.6. The van der Waals surface area contributed by atoms with Crippen LogP contribution in [0.5, 0.6) is 0 Å². The molecule has 0 unspecified atom stereocenters. The van der Waals surface area contributed by atoms with E-state index in [1.807, 2.05) is 0 Å². The Kier molecular flexibility index (Phi) is 35.7. The minimum atomic E-state index is -3.26. The van der Waals surface area contributed by atoms with E-state index in [0.29, 0.717) is 0 Å². The molecule has 0 aliphatic carbocycles. The number of nitrogens with one attached hydrogen (secondary N) is 5. The predicted molar refractivity (Wildman–Crippen MR) is 372 cm³/mol. The Hall–Kier alpha value is -4.86. The third-order valence-corrected chi connectivity index (χ3v) is 21.7. The Morgan fingerprint density at radius 1 is 0.339 bits per heavy atom. The van der Waals surface area contributed by atoms with Gasteiger partial charge in [0, 0.05) is 41.0 Å². The summed E-state index contributed by atoms with van der Waals surface area (Å²) in [5, 5.41) is 300. The third kappa shape index (κ3) is 22.3. The van der Waals surface area contributed by atoms with Crippen LogP contribution in [0.15, 0.2) is 0 Å². The SMILES string of the molecule is CC(=O)N[C@@H]1[C@@H](O[C@@H]2O[C@H](CO)[C@H](O)[C@H](O[C@@H]3O[C@H](CO)[C@@H](O[C@@H]4O[C@H](CO)[C@H](O)[C@H](O)[C@H]4O)[C@H](O)[C@H]3NC(C)=O)[C@H]2O)[C@@H](O)[C@@H](CO[C@@H]2O[C@H](CO)[C@@H](O[C@@H]3O[C@H](CO)[C@H](O)[C@H](O[C@@H]4O[C@H](CO)[C@@H](O[C@@H]5O[C@H](CO)[C@H](O)[C@H](O[C@]6(C(=O)O)C[C@H](O)[C@@H](NC(C)=O)[C@H]([C@H](O)[C@H](O)CO)O6)[C@H]5O)[C@H](O)[C@H]4NC(C)=O)[C@H]3O)[C@H](O)[C@H]2NC(C)=O)O[C@@H]1O. The number of aliphatic carboxylic acids is 1. The van der Waals surface area contributed by atoms with Crippen LogP contribution in [0.2, 0.25) is 0 Å². The quantitative estimate of drug-likeness (QED) is 0.0290. The molecule has 54 heteroatoms. The Morgan fingerprint density at radius 2 is 0.653 bits per heavy atom. The first-order valence-corrected chi connectivity index (χ1v) is 38.3. The highest BCUT2D eigenvalue weighted by Crippen LogP contribution is 2.42. The van der Waals surface area contributed by atoms with E-state index >= 15 is 0 Å². The second-order valence-corrected chi connectivity index (χ2v) is 30.3. The van der Waals surface area contributed by atoms with Crippen molar-refractivity contribution in [3.8, 4) is 0 Å². The van der Waals surface area contributed by atoms with Gasteiger partial charge in [-0.25, -0.2) is 4.79 Å². The number of carbonyl (C=O) groups is 6. The van der Waals surface area contributed by atoms with Gasteiger partial charge >= 0.3 is 5.97 Å². The molecule has 9 rings (SSSR count). The average Bonchev–Trinajstić information content (AvgIpc) is 0.755. The van der Waals surface area contributed by atoms with E-state index in [0.717, 1.165) is 34.6 Å². The number of aliphatic hydroxyl groups is 25. The van der Waals surface area contributed by atoms with Gasteiger partial charge in [-0.2, -0.15) is 0 Å². The van der Waals surface area contributed by atoms with Crippen LogP contribution in [-0.2, 0) is 109 Å². The van der Waals surface area contributed by atoms with Crippen LogP contribution in [0.25, 0.3) is 0 Å². The summed E-state index contributed by atoms with van der Waals surface area (Å²) in [4.78, 5) is 76.6. The van der Waals surface area contributed by atoms with Gasteiger partial charge in [0.05, 0.1) is 71.6 Å². The van der Waals surface area contributed by atoms with Crippen molar-refractivity contribution in [1.82, 2.24) is 26.6 Å². The summed E-state index contributed by atoms with van der Waals surface area (Å²) in [6.07, 6.45) is -84.6. The van der Waals surface area contributed by atoms with Gasteiger partial charge in [0.1, 0.15) is 213 Å². The molecule has 0 aromatic heterocycles. The second kappa shape index (κ2) is 43.3. The molecule has 698 valence electrons. The lowest BCUT2D eigenvalue weighted by Crippen LogP contribution is -2.71. The summed E-state index contributed by atoms with van der Waals surface area (Å²) in [6, 6.07) is -9.24. The lowest BCUT2D eigenvalue weighted by Gasteiger charge is -2.51. The molecule has 46 atom stereocenters. The zero-order valence-electron chi connectivity index (χ0n) is 65.1. The van der Waals surface area contributed by atoms with Crippen molar-refractivity contribution in [2.24, 2.45) is 0 Å². The minimum absolute atomic E-state index is 0.861. The van der Waals surface area contributed by atoms with Crippen LogP contribution in [0.4, 0.5) is 0 Å². The topological polar surface area (TPSA) is 845 Å². The number of aliphatic hydroxyl groups excluding tert-OH is 25. The number of carboxylic acid groups (broad SMARTS) is 1. The molecule has 0 aromatic carbocycles. The molecule has 9 aliphatic heterocycles. The number of carboxylic acids is 1. The molecule has 0 spiro atoms. The molecule has 5 amide bonds. The fourth-order valence-electron chi connectivity index (χ4n) is 15.6. The van der Waals surface area contributed by atoms with Gasteiger partial charge in [-0.05, 0) is 0 Å². The van der Waals surface area contributed by atoms with Crippen LogP contribution < -0.4 is 26.6 Å². The molecule has 0 saturated carbocycles. The summed E-state index contributed by atoms with van der Waals surface area (Å²) in [5.74, 6) is -9.95. The van der Waals surface area contributed by atoms with Crippen LogP contribution in [0.1, 0.15) is 41.0 Å². The summed E-state index contributed by atoms with van der Waals surface area (Å²) in [6.45, 7) is -5.23. The molecule has 0 bridgehead atoms. The molecule has 121 heavy (non-hydrogen) atoms. The summed E-state index contributed by atoms with van der Waals surface area (Å²) >= 11 is 0. The van der Waals surface area contributed by atoms with Gasteiger partial charge < -0.3 is 240 Å². The Morgan fingerprint density at radius 3 is 1.03 bits per heavy atom. The third-order valence-electron chi connectivity index (χ3n) is 21.7.